The largest absolute Gasteiger partial charge is 0.494 e. The number of thioether (sulfide) groups is 1. The highest BCUT2D eigenvalue weighted by Gasteiger charge is 2.04. The lowest BCUT2D eigenvalue weighted by Crippen LogP contribution is -2.14. The van der Waals surface area contributed by atoms with Gasteiger partial charge in [0.25, 0.3) is 0 Å². The molecule has 1 heterocycles. The van der Waals surface area contributed by atoms with Crippen LogP contribution in [0.5, 0.6) is 5.75 Å². The molecule has 0 aliphatic carbocycles. The summed E-state index contributed by atoms with van der Waals surface area (Å²) in [6, 6.07) is 13.1. The maximum atomic E-state index is 11.8. The average Bonchev–Trinajstić information content (AvgIpc) is 2.48. The Morgan fingerprint density at radius 2 is 2.05 bits per heavy atom. The van der Waals surface area contributed by atoms with Crippen molar-refractivity contribution in [3.8, 4) is 5.75 Å². The number of anilines is 1. The van der Waals surface area contributed by atoms with Crippen LogP contribution in [-0.2, 0) is 4.79 Å². The van der Waals surface area contributed by atoms with E-state index in [2.05, 4.69) is 10.3 Å². The van der Waals surface area contributed by atoms with Crippen LogP contribution in [0.2, 0.25) is 0 Å². The van der Waals surface area contributed by atoms with Crippen LogP contribution in [0.3, 0.4) is 0 Å². The molecule has 2 rings (SSSR count). The zero-order valence-corrected chi connectivity index (χ0v) is 12.0. The van der Waals surface area contributed by atoms with Crippen LogP contribution < -0.4 is 10.1 Å². The van der Waals surface area contributed by atoms with Crippen LogP contribution in [0, 0.1) is 0 Å². The van der Waals surface area contributed by atoms with Gasteiger partial charge in [0.2, 0.25) is 5.91 Å². The minimum atomic E-state index is -0.0671. The summed E-state index contributed by atoms with van der Waals surface area (Å²) in [5.41, 5.74) is 0. The van der Waals surface area contributed by atoms with E-state index in [1.807, 2.05) is 43.3 Å². The molecule has 0 unspecified atom stereocenters. The van der Waals surface area contributed by atoms with Crippen molar-refractivity contribution in [2.45, 2.75) is 11.8 Å². The Hall–Kier alpha value is -2.01. The monoisotopic (exact) mass is 288 g/mol. The number of benzene rings is 1. The van der Waals surface area contributed by atoms with Gasteiger partial charge in [-0.05, 0) is 43.3 Å². The predicted molar refractivity (Wildman–Crippen MR) is 81.2 cm³/mol. The molecule has 1 N–H and O–H groups in total. The maximum Gasteiger partial charge on any atom is 0.235 e. The van der Waals surface area contributed by atoms with Gasteiger partial charge in [-0.1, -0.05) is 6.07 Å². The van der Waals surface area contributed by atoms with Crippen molar-refractivity contribution < 1.29 is 9.53 Å². The molecule has 0 fully saturated rings. The molecular formula is C15H16N2O2S. The summed E-state index contributed by atoms with van der Waals surface area (Å²) < 4.78 is 5.37. The van der Waals surface area contributed by atoms with Crippen molar-refractivity contribution in [1.82, 2.24) is 4.98 Å². The van der Waals surface area contributed by atoms with E-state index in [4.69, 9.17) is 4.74 Å². The minimum absolute atomic E-state index is 0.0671. The fourth-order valence-electron chi connectivity index (χ4n) is 1.56. The molecule has 20 heavy (non-hydrogen) atoms. The van der Waals surface area contributed by atoms with Gasteiger partial charge in [0.1, 0.15) is 11.6 Å². The van der Waals surface area contributed by atoms with Crippen LogP contribution in [0.15, 0.2) is 53.6 Å². The highest BCUT2D eigenvalue weighted by atomic mass is 32.2. The summed E-state index contributed by atoms with van der Waals surface area (Å²) in [6.07, 6.45) is 1.65. The molecular weight excluding hydrogens is 272 g/mol. The van der Waals surface area contributed by atoms with Crippen molar-refractivity contribution in [3.05, 3.63) is 48.7 Å². The first kappa shape index (κ1) is 14.4. The van der Waals surface area contributed by atoms with Crippen LogP contribution in [0.1, 0.15) is 6.92 Å². The lowest BCUT2D eigenvalue weighted by atomic mass is 10.3. The van der Waals surface area contributed by atoms with Gasteiger partial charge in [-0.15, -0.1) is 11.8 Å². The van der Waals surface area contributed by atoms with E-state index in [1.165, 1.54) is 11.8 Å². The molecule has 104 valence electrons. The van der Waals surface area contributed by atoms with E-state index in [0.29, 0.717) is 18.2 Å². The standard InChI is InChI=1S/C15H16N2O2S/c1-2-19-12-6-8-13(9-7-12)20-11-15(18)17-14-5-3-4-10-16-14/h3-10H,2,11H2,1H3,(H,16,17,18). The van der Waals surface area contributed by atoms with Gasteiger partial charge < -0.3 is 10.1 Å². The number of rotatable bonds is 6. The summed E-state index contributed by atoms with van der Waals surface area (Å²) in [6.45, 7) is 2.60. The first-order valence-corrected chi connectivity index (χ1v) is 7.33. The van der Waals surface area contributed by atoms with Crippen molar-refractivity contribution in [3.63, 3.8) is 0 Å². The summed E-state index contributed by atoms with van der Waals surface area (Å²) in [4.78, 5) is 16.8. The molecule has 1 aromatic heterocycles. The number of aromatic nitrogens is 1. The molecule has 0 saturated heterocycles. The molecule has 0 saturated carbocycles. The highest BCUT2D eigenvalue weighted by molar-refractivity contribution is 8.00. The summed E-state index contributed by atoms with van der Waals surface area (Å²) in [5, 5.41) is 2.75. The number of hydrogen-bond donors (Lipinski definition) is 1. The van der Waals surface area contributed by atoms with Crippen LogP contribution in [0.4, 0.5) is 5.82 Å². The summed E-state index contributed by atoms with van der Waals surface area (Å²) in [7, 11) is 0. The van der Waals surface area contributed by atoms with E-state index in [0.717, 1.165) is 10.6 Å². The Morgan fingerprint density at radius 1 is 1.25 bits per heavy atom. The average molecular weight is 288 g/mol. The molecule has 0 radical (unpaired) electrons. The van der Waals surface area contributed by atoms with Crippen LogP contribution >= 0.6 is 11.8 Å². The molecule has 0 aliphatic rings. The quantitative estimate of drug-likeness (QED) is 0.829. The Kier molecular flexibility index (Phi) is 5.43. The number of nitrogens with zero attached hydrogens (tertiary/aromatic N) is 1. The Labute approximate surface area is 122 Å². The fourth-order valence-corrected chi connectivity index (χ4v) is 2.26. The van der Waals surface area contributed by atoms with Crippen molar-refractivity contribution in [2.75, 3.05) is 17.7 Å². The lowest BCUT2D eigenvalue weighted by Gasteiger charge is -2.05. The van der Waals surface area contributed by atoms with Crippen molar-refractivity contribution in [1.29, 1.82) is 0 Å². The second-order valence-electron chi connectivity index (χ2n) is 3.96. The van der Waals surface area contributed by atoms with E-state index in [9.17, 15) is 4.79 Å². The molecule has 0 bridgehead atoms. The van der Waals surface area contributed by atoms with Crippen LogP contribution in [0.25, 0.3) is 0 Å². The van der Waals surface area contributed by atoms with E-state index >= 15 is 0 Å². The molecule has 5 heteroatoms. The van der Waals surface area contributed by atoms with Crippen molar-refractivity contribution >= 4 is 23.5 Å². The maximum absolute atomic E-state index is 11.8. The molecule has 4 nitrogen and oxygen atoms in total. The lowest BCUT2D eigenvalue weighted by molar-refractivity contribution is -0.113. The minimum Gasteiger partial charge on any atom is -0.494 e. The van der Waals surface area contributed by atoms with Gasteiger partial charge >= 0.3 is 0 Å². The van der Waals surface area contributed by atoms with Crippen molar-refractivity contribution in [2.24, 2.45) is 0 Å². The van der Waals surface area contributed by atoms with Gasteiger partial charge in [-0.25, -0.2) is 4.98 Å². The first-order valence-electron chi connectivity index (χ1n) is 6.34. The number of carbonyl (C=O) groups is 1. The number of nitrogens with one attached hydrogen (secondary N) is 1. The normalized spacial score (nSPS) is 10.1. The Balaban J connectivity index is 1.81. The summed E-state index contributed by atoms with van der Waals surface area (Å²) in [5.74, 6) is 1.70. The van der Waals surface area contributed by atoms with Crippen LogP contribution in [-0.4, -0.2) is 23.3 Å². The second kappa shape index (κ2) is 7.55. The van der Waals surface area contributed by atoms with Gasteiger partial charge in [0.15, 0.2) is 0 Å². The van der Waals surface area contributed by atoms with E-state index in [1.54, 1.807) is 12.3 Å². The first-order chi connectivity index (χ1) is 9.78. The number of ether oxygens (including phenoxy) is 1. The zero-order chi connectivity index (χ0) is 14.2. The number of carbonyl (C=O) groups excluding carboxylic acids is 1. The highest BCUT2D eigenvalue weighted by Crippen LogP contribution is 2.21. The Morgan fingerprint density at radius 3 is 2.70 bits per heavy atom. The van der Waals surface area contributed by atoms with Gasteiger partial charge in [-0.2, -0.15) is 0 Å². The van der Waals surface area contributed by atoms with Gasteiger partial charge in [0, 0.05) is 11.1 Å². The zero-order valence-electron chi connectivity index (χ0n) is 11.2. The van der Waals surface area contributed by atoms with Gasteiger partial charge in [-0.3, -0.25) is 4.79 Å². The SMILES string of the molecule is CCOc1ccc(SCC(=O)Nc2ccccn2)cc1. The molecule has 0 aliphatic heterocycles. The number of amides is 1. The molecule has 0 atom stereocenters. The molecule has 1 amide bonds. The summed E-state index contributed by atoms with van der Waals surface area (Å²) >= 11 is 1.48. The molecule has 2 aromatic rings. The third-order valence-electron chi connectivity index (χ3n) is 2.44. The van der Waals surface area contributed by atoms with Gasteiger partial charge in [0.05, 0.1) is 12.4 Å². The predicted octanol–water partition coefficient (Wildman–Crippen LogP) is 3.21. The third-order valence-corrected chi connectivity index (χ3v) is 3.45. The molecule has 1 aromatic carbocycles. The number of pyridine rings is 1. The third kappa shape index (κ3) is 4.59. The smallest absolute Gasteiger partial charge is 0.235 e. The number of hydrogen-bond acceptors (Lipinski definition) is 4. The topological polar surface area (TPSA) is 51.2 Å². The Bertz CT molecular complexity index is 544. The second-order valence-corrected chi connectivity index (χ2v) is 5.01. The van der Waals surface area contributed by atoms with E-state index < -0.39 is 0 Å². The molecule has 0 spiro atoms. The van der Waals surface area contributed by atoms with E-state index in [-0.39, 0.29) is 5.91 Å². The fraction of sp³-hybridized carbons (Fsp3) is 0.200.